The quantitative estimate of drug-likeness (QED) is 0.363. The second-order valence-corrected chi connectivity index (χ2v) is 9.32. The minimum Gasteiger partial charge on any atom is -0.441 e. The van der Waals surface area contributed by atoms with Gasteiger partial charge in [-0.15, -0.1) is 0 Å². The summed E-state index contributed by atoms with van der Waals surface area (Å²) in [5.41, 5.74) is 2.53. The fourth-order valence-corrected chi connectivity index (χ4v) is 4.29. The van der Waals surface area contributed by atoms with E-state index in [0.717, 1.165) is 23.3 Å². The summed E-state index contributed by atoms with van der Waals surface area (Å²) in [5.74, 6) is 0.180. The molecule has 0 radical (unpaired) electrons. The van der Waals surface area contributed by atoms with Crippen molar-refractivity contribution < 1.29 is 22.0 Å². The van der Waals surface area contributed by atoms with Crippen molar-refractivity contribution in [2.45, 2.75) is 24.7 Å². The van der Waals surface area contributed by atoms with Crippen LogP contribution in [0.5, 0.6) is 0 Å². The van der Waals surface area contributed by atoms with Crippen molar-refractivity contribution in [1.82, 2.24) is 4.98 Å². The Kier molecular flexibility index (Phi) is 6.74. The molecule has 0 bridgehead atoms. The Morgan fingerprint density at radius 1 is 0.971 bits per heavy atom. The van der Waals surface area contributed by atoms with Gasteiger partial charge in [0.1, 0.15) is 5.82 Å². The van der Waals surface area contributed by atoms with Gasteiger partial charge in [0.2, 0.25) is 5.91 Å². The Morgan fingerprint density at radius 3 is 2.35 bits per heavy atom. The number of aryl methyl sites for hydroxylation is 2. The predicted molar refractivity (Wildman–Crippen MR) is 127 cm³/mol. The molecule has 0 aliphatic rings. The van der Waals surface area contributed by atoms with Crippen LogP contribution in [-0.4, -0.2) is 19.3 Å². The molecular formula is C25H22FN3O4S. The lowest BCUT2D eigenvalue weighted by atomic mass is 10.1. The second kappa shape index (κ2) is 9.88. The normalized spacial score (nSPS) is 11.2. The molecule has 0 spiro atoms. The van der Waals surface area contributed by atoms with Crippen molar-refractivity contribution >= 4 is 27.3 Å². The monoisotopic (exact) mass is 479 g/mol. The minimum atomic E-state index is -3.96. The molecule has 7 nitrogen and oxygen atoms in total. The number of benzene rings is 3. The van der Waals surface area contributed by atoms with Gasteiger partial charge < -0.3 is 9.73 Å². The van der Waals surface area contributed by atoms with E-state index in [1.54, 1.807) is 24.4 Å². The number of carbonyl (C=O) groups excluding carboxylic acids is 1. The molecular weight excluding hydrogens is 457 g/mol. The van der Waals surface area contributed by atoms with Crippen LogP contribution >= 0.6 is 0 Å². The number of para-hydroxylation sites is 2. The van der Waals surface area contributed by atoms with Gasteiger partial charge in [0.25, 0.3) is 10.0 Å². The van der Waals surface area contributed by atoms with Crippen LogP contribution in [0.3, 0.4) is 0 Å². The molecule has 1 aromatic heterocycles. The van der Waals surface area contributed by atoms with E-state index in [1.807, 2.05) is 31.2 Å². The lowest BCUT2D eigenvalue weighted by Gasteiger charge is -2.13. The average molecular weight is 480 g/mol. The van der Waals surface area contributed by atoms with Crippen molar-refractivity contribution in [3.63, 3.8) is 0 Å². The smallest absolute Gasteiger partial charge is 0.261 e. The molecule has 0 saturated heterocycles. The van der Waals surface area contributed by atoms with E-state index < -0.39 is 15.8 Å². The maximum atomic E-state index is 13.1. The summed E-state index contributed by atoms with van der Waals surface area (Å²) >= 11 is 0. The lowest BCUT2D eigenvalue weighted by molar-refractivity contribution is -0.116. The molecule has 4 aromatic rings. The molecule has 0 saturated carbocycles. The first-order valence-electron chi connectivity index (χ1n) is 10.5. The van der Waals surface area contributed by atoms with Gasteiger partial charge in [0.05, 0.1) is 22.5 Å². The van der Waals surface area contributed by atoms with Crippen LogP contribution in [-0.2, 0) is 21.2 Å². The van der Waals surface area contributed by atoms with Gasteiger partial charge in [-0.1, -0.05) is 42.0 Å². The zero-order chi connectivity index (χ0) is 24.1. The average Bonchev–Trinajstić information content (AvgIpc) is 3.29. The summed E-state index contributed by atoms with van der Waals surface area (Å²) in [6, 6.07) is 18.7. The van der Waals surface area contributed by atoms with E-state index in [0.29, 0.717) is 17.3 Å². The van der Waals surface area contributed by atoms with E-state index in [-0.39, 0.29) is 29.3 Å². The van der Waals surface area contributed by atoms with E-state index in [1.165, 1.54) is 18.2 Å². The number of amides is 1. The first kappa shape index (κ1) is 23.2. The van der Waals surface area contributed by atoms with Gasteiger partial charge >= 0.3 is 0 Å². The van der Waals surface area contributed by atoms with E-state index in [9.17, 15) is 17.6 Å². The van der Waals surface area contributed by atoms with Gasteiger partial charge in [-0.2, -0.15) is 0 Å². The second-order valence-electron chi connectivity index (χ2n) is 7.64. The fraction of sp³-hybridized carbons (Fsp3) is 0.120. The van der Waals surface area contributed by atoms with Crippen molar-refractivity contribution in [2.75, 3.05) is 10.0 Å². The Morgan fingerprint density at radius 2 is 1.65 bits per heavy atom. The lowest BCUT2D eigenvalue weighted by Crippen LogP contribution is -2.17. The third-order valence-electron chi connectivity index (χ3n) is 5.02. The molecule has 0 unspecified atom stereocenters. The molecule has 34 heavy (non-hydrogen) atoms. The number of hydrogen-bond acceptors (Lipinski definition) is 5. The van der Waals surface area contributed by atoms with Gasteiger partial charge in [-0.05, 0) is 43.3 Å². The van der Waals surface area contributed by atoms with Crippen molar-refractivity contribution in [3.05, 3.63) is 96.3 Å². The summed E-state index contributed by atoms with van der Waals surface area (Å²) < 4.78 is 46.6. The number of nitrogens with one attached hydrogen (secondary N) is 2. The standard InChI is InChI=1S/C25H22FN3O4S/c1-17-6-8-18(9-7-17)23-16-27-25(33-23)15-14-24(30)28-21-4-2-3-5-22(21)29-34(31,32)20-12-10-19(26)11-13-20/h2-13,16,29H,14-15H2,1H3,(H,28,30). The van der Waals surface area contributed by atoms with Gasteiger partial charge in [0, 0.05) is 18.4 Å². The number of oxazole rings is 1. The number of halogens is 1. The highest BCUT2D eigenvalue weighted by Crippen LogP contribution is 2.25. The number of hydrogen-bond donors (Lipinski definition) is 2. The van der Waals surface area contributed by atoms with E-state index in [2.05, 4.69) is 15.0 Å². The number of aromatic nitrogens is 1. The molecule has 174 valence electrons. The maximum Gasteiger partial charge on any atom is 0.261 e. The zero-order valence-corrected chi connectivity index (χ0v) is 19.1. The van der Waals surface area contributed by atoms with Crippen LogP contribution in [0.25, 0.3) is 11.3 Å². The number of sulfonamides is 1. The van der Waals surface area contributed by atoms with Crippen LogP contribution in [0, 0.1) is 12.7 Å². The summed E-state index contributed by atoms with van der Waals surface area (Å²) in [5, 5.41) is 2.71. The first-order chi connectivity index (χ1) is 16.3. The minimum absolute atomic E-state index is 0.0902. The SMILES string of the molecule is Cc1ccc(-c2cnc(CCC(=O)Nc3ccccc3NS(=O)(=O)c3ccc(F)cc3)o2)cc1. The van der Waals surface area contributed by atoms with Crippen LogP contribution in [0.2, 0.25) is 0 Å². The largest absolute Gasteiger partial charge is 0.441 e. The molecule has 9 heteroatoms. The summed E-state index contributed by atoms with van der Waals surface area (Å²) in [6.45, 7) is 2.00. The fourth-order valence-electron chi connectivity index (χ4n) is 3.21. The Balaban J connectivity index is 1.39. The van der Waals surface area contributed by atoms with Gasteiger partial charge in [0.15, 0.2) is 11.7 Å². The summed E-state index contributed by atoms with van der Waals surface area (Å²) in [7, 11) is -3.96. The molecule has 0 fully saturated rings. The number of carbonyl (C=O) groups is 1. The Bertz CT molecular complexity index is 1400. The van der Waals surface area contributed by atoms with Gasteiger partial charge in [-0.3, -0.25) is 9.52 Å². The Labute approximate surface area is 196 Å². The molecule has 1 heterocycles. The van der Waals surface area contributed by atoms with Gasteiger partial charge in [-0.25, -0.2) is 17.8 Å². The van der Waals surface area contributed by atoms with Crippen LogP contribution < -0.4 is 10.0 Å². The van der Waals surface area contributed by atoms with Crippen LogP contribution in [0.1, 0.15) is 17.9 Å². The third-order valence-corrected chi connectivity index (χ3v) is 6.41. The number of nitrogens with zero attached hydrogens (tertiary/aromatic N) is 1. The van der Waals surface area contributed by atoms with Crippen LogP contribution in [0.4, 0.5) is 15.8 Å². The van der Waals surface area contributed by atoms with Crippen molar-refractivity contribution in [3.8, 4) is 11.3 Å². The first-order valence-corrected chi connectivity index (χ1v) is 12.0. The topological polar surface area (TPSA) is 101 Å². The summed E-state index contributed by atoms with van der Waals surface area (Å²) in [4.78, 5) is 16.7. The van der Waals surface area contributed by atoms with Crippen molar-refractivity contribution in [1.29, 1.82) is 0 Å². The third kappa shape index (κ3) is 5.68. The highest BCUT2D eigenvalue weighted by Gasteiger charge is 2.17. The molecule has 4 rings (SSSR count). The molecule has 0 atom stereocenters. The highest BCUT2D eigenvalue weighted by atomic mass is 32.2. The number of rotatable bonds is 8. The molecule has 3 aromatic carbocycles. The van der Waals surface area contributed by atoms with Crippen molar-refractivity contribution in [2.24, 2.45) is 0 Å². The molecule has 2 N–H and O–H groups in total. The molecule has 1 amide bonds. The van der Waals surface area contributed by atoms with E-state index in [4.69, 9.17) is 4.42 Å². The van der Waals surface area contributed by atoms with E-state index >= 15 is 0 Å². The number of anilines is 2. The highest BCUT2D eigenvalue weighted by molar-refractivity contribution is 7.92. The predicted octanol–water partition coefficient (Wildman–Crippen LogP) is 5.16. The Hall–Kier alpha value is -3.98. The zero-order valence-electron chi connectivity index (χ0n) is 18.3. The van der Waals surface area contributed by atoms with Crippen LogP contribution in [0.15, 0.2) is 88.3 Å². The molecule has 0 aliphatic heterocycles. The summed E-state index contributed by atoms with van der Waals surface area (Å²) in [6.07, 6.45) is 1.99. The molecule has 0 aliphatic carbocycles. The maximum absolute atomic E-state index is 13.1.